The maximum atomic E-state index is 13.7. The number of carbonyl (C=O) groups excluding carboxylic acids is 1. The summed E-state index contributed by atoms with van der Waals surface area (Å²) in [5, 5.41) is 33.3. The molecular formula is C30H33N5O5. The summed E-state index contributed by atoms with van der Waals surface area (Å²) in [5.74, 6) is 2.76. The molecule has 1 amide bonds. The number of nitrogens with one attached hydrogen (secondary N) is 4. The first-order valence-electron chi connectivity index (χ1n) is 13.4. The maximum absolute atomic E-state index is 13.7. The normalized spacial score (nSPS) is 18.3. The zero-order chi connectivity index (χ0) is 28.1. The highest BCUT2D eigenvalue weighted by Gasteiger charge is 2.33. The number of ether oxygens (including phenoxy) is 2. The number of likely N-dealkylation sites (tertiary alicyclic amines) is 1. The first kappa shape index (κ1) is 27.2. The largest absolute Gasteiger partial charge is 0.457 e. The maximum Gasteiger partial charge on any atom is 0.254 e. The number of hydrogen-bond donors (Lipinski definition) is 6. The van der Waals surface area contributed by atoms with Gasteiger partial charge in [0.2, 0.25) is 0 Å². The Morgan fingerprint density at radius 3 is 1.70 bits per heavy atom. The molecule has 10 heteroatoms. The molecular weight excluding hydrogens is 510 g/mol. The smallest absolute Gasteiger partial charge is 0.254 e. The number of fused-ring (bicyclic) bond motifs is 1. The van der Waals surface area contributed by atoms with Gasteiger partial charge in [0.05, 0.1) is 0 Å². The first-order chi connectivity index (χ1) is 19.4. The van der Waals surface area contributed by atoms with Gasteiger partial charge in [-0.3, -0.25) is 37.0 Å². The monoisotopic (exact) mass is 543 g/mol. The number of amidine groups is 2. The van der Waals surface area contributed by atoms with Crippen molar-refractivity contribution >= 4 is 17.6 Å². The molecule has 1 saturated carbocycles. The van der Waals surface area contributed by atoms with Crippen molar-refractivity contribution in [1.82, 2.24) is 15.9 Å². The van der Waals surface area contributed by atoms with Gasteiger partial charge in [-0.15, -0.1) is 0 Å². The molecule has 3 aromatic rings. The first-order valence-corrected chi connectivity index (χ1v) is 13.4. The van der Waals surface area contributed by atoms with Crippen molar-refractivity contribution in [2.75, 3.05) is 13.1 Å². The lowest BCUT2D eigenvalue weighted by molar-refractivity contribution is 0.0520. The average molecular weight is 544 g/mol. The minimum Gasteiger partial charge on any atom is -0.457 e. The second-order valence-electron chi connectivity index (χ2n) is 10.3. The Balaban J connectivity index is 1.40. The molecule has 0 radical (unpaired) electrons. The molecule has 208 valence electrons. The van der Waals surface area contributed by atoms with Crippen LogP contribution in [0.25, 0.3) is 0 Å². The lowest BCUT2D eigenvalue weighted by Crippen LogP contribution is -2.44. The lowest BCUT2D eigenvalue weighted by Gasteiger charge is -2.41. The van der Waals surface area contributed by atoms with E-state index in [-0.39, 0.29) is 17.6 Å². The summed E-state index contributed by atoms with van der Waals surface area (Å²) in [7, 11) is 0. The highest BCUT2D eigenvalue weighted by molar-refractivity contribution is 5.96. The SMILES string of the molecule is N=C(NO)c1ccc(Oc2cc(Oc3ccc(C(=N)NO)cc3)cc(C(=O)N3CCC4CCCCC4C3)c2)cc1. The van der Waals surface area contributed by atoms with Crippen LogP contribution in [0.5, 0.6) is 23.0 Å². The van der Waals surface area contributed by atoms with Crippen molar-refractivity contribution in [1.29, 1.82) is 10.8 Å². The fourth-order valence-corrected chi connectivity index (χ4v) is 5.56. The number of rotatable bonds is 7. The standard InChI is InChI=1S/C30H33N5O5/c31-28(33-37)20-5-9-24(10-6-20)39-26-15-23(30(36)35-14-13-19-3-1-2-4-22(19)18-35)16-27(17-26)40-25-11-7-21(8-12-25)29(32)34-38/h5-12,15-17,19,22,37-38H,1-4,13-14,18H2,(H2,31,33)(H2,32,34). The molecule has 2 aliphatic rings. The van der Waals surface area contributed by atoms with Gasteiger partial charge >= 0.3 is 0 Å². The van der Waals surface area contributed by atoms with Gasteiger partial charge in [-0.25, -0.2) is 0 Å². The van der Waals surface area contributed by atoms with Crippen LogP contribution >= 0.6 is 0 Å². The Kier molecular flexibility index (Phi) is 8.28. The molecule has 3 aromatic carbocycles. The molecule has 5 rings (SSSR count). The summed E-state index contributed by atoms with van der Waals surface area (Å²) >= 11 is 0. The van der Waals surface area contributed by atoms with Gasteiger partial charge in [-0.2, -0.15) is 0 Å². The van der Waals surface area contributed by atoms with Gasteiger partial charge in [0.25, 0.3) is 5.91 Å². The molecule has 0 spiro atoms. The van der Waals surface area contributed by atoms with Crippen LogP contribution in [0.1, 0.15) is 53.6 Å². The van der Waals surface area contributed by atoms with Gasteiger partial charge in [0.1, 0.15) is 34.7 Å². The highest BCUT2D eigenvalue weighted by Crippen LogP contribution is 2.37. The third-order valence-corrected chi connectivity index (χ3v) is 7.69. The summed E-state index contributed by atoms with van der Waals surface area (Å²) in [4.78, 5) is 15.6. The predicted molar refractivity (Wildman–Crippen MR) is 149 cm³/mol. The summed E-state index contributed by atoms with van der Waals surface area (Å²) in [6.45, 7) is 1.50. The van der Waals surface area contributed by atoms with Crippen molar-refractivity contribution in [3.63, 3.8) is 0 Å². The van der Waals surface area contributed by atoms with Crippen LogP contribution in [0.15, 0.2) is 66.7 Å². The van der Waals surface area contributed by atoms with Crippen LogP contribution in [0, 0.1) is 22.7 Å². The number of piperidine rings is 1. The summed E-state index contributed by atoms with van der Waals surface area (Å²) < 4.78 is 12.2. The summed E-state index contributed by atoms with van der Waals surface area (Å²) in [6, 6.07) is 18.4. The Labute approximate surface area is 232 Å². The van der Waals surface area contributed by atoms with E-state index in [0.29, 0.717) is 51.5 Å². The second kappa shape index (κ2) is 12.2. The second-order valence-corrected chi connectivity index (χ2v) is 10.3. The van der Waals surface area contributed by atoms with Gasteiger partial charge in [-0.05, 0) is 85.3 Å². The van der Waals surface area contributed by atoms with Gasteiger partial charge in [0, 0.05) is 35.8 Å². The minimum absolute atomic E-state index is 0.0602. The quantitative estimate of drug-likeness (QED) is 0.130. The van der Waals surface area contributed by atoms with Crippen molar-refractivity contribution in [2.45, 2.75) is 32.1 Å². The van der Waals surface area contributed by atoms with E-state index in [0.717, 1.165) is 19.5 Å². The van der Waals surface area contributed by atoms with Crippen LogP contribution in [-0.2, 0) is 0 Å². The third kappa shape index (κ3) is 6.24. The highest BCUT2D eigenvalue weighted by atomic mass is 16.5. The molecule has 1 heterocycles. The van der Waals surface area contributed by atoms with Crippen molar-refractivity contribution < 1.29 is 24.7 Å². The topological polar surface area (TPSA) is 151 Å². The van der Waals surface area contributed by atoms with Crippen LogP contribution in [0.4, 0.5) is 0 Å². The van der Waals surface area contributed by atoms with Crippen LogP contribution in [0.3, 0.4) is 0 Å². The fraction of sp³-hybridized carbons (Fsp3) is 0.300. The molecule has 2 atom stereocenters. The average Bonchev–Trinajstić information content (AvgIpc) is 3.00. The van der Waals surface area contributed by atoms with E-state index >= 15 is 0 Å². The van der Waals surface area contributed by atoms with Crippen LogP contribution in [-0.4, -0.2) is 46.0 Å². The molecule has 2 fully saturated rings. The van der Waals surface area contributed by atoms with Crippen molar-refractivity contribution in [3.8, 4) is 23.0 Å². The Hall–Kier alpha value is -4.41. The Bertz CT molecular complexity index is 1300. The zero-order valence-electron chi connectivity index (χ0n) is 22.0. The van der Waals surface area contributed by atoms with E-state index in [1.807, 2.05) is 15.9 Å². The molecule has 0 aromatic heterocycles. The molecule has 1 aliphatic heterocycles. The van der Waals surface area contributed by atoms with E-state index in [9.17, 15) is 4.79 Å². The molecule has 10 nitrogen and oxygen atoms in total. The van der Waals surface area contributed by atoms with Gasteiger partial charge < -0.3 is 14.4 Å². The molecule has 0 bridgehead atoms. The number of hydroxylamine groups is 2. The van der Waals surface area contributed by atoms with Crippen LogP contribution in [0.2, 0.25) is 0 Å². The number of nitrogens with zero attached hydrogens (tertiary/aromatic N) is 1. The van der Waals surface area contributed by atoms with E-state index in [1.165, 1.54) is 25.7 Å². The third-order valence-electron chi connectivity index (χ3n) is 7.69. The number of carbonyl (C=O) groups is 1. The Morgan fingerprint density at radius 1 is 0.700 bits per heavy atom. The summed E-state index contributed by atoms with van der Waals surface area (Å²) in [6.07, 6.45) is 5.97. The summed E-state index contributed by atoms with van der Waals surface area (Å²) in [5.41, 5.74) is 5.08. The molecule has 1 saturated heterocycles. The van der Waals surface area contributed by atoms with E-state index in [2.05, 4.69) is 0 Å². The molecule has 6 N–H and O–H groups in total. The van der Waals surface area contributed by atoms with Crippen molar-refractivity contribution in [2.24, 2.45) is 11.8 Å². The lowest BCUT2D eigenvalue weighted by atomic mass is 9.75. The predicted octanol–water partition coefficient (Wildman–Crippen LogP) is 5.53. The van der Waals surface area contributed by atoms with Gasteiger partial charge in [0.15, 0.2) is 0 Å². The van der Waals surface area contributed by atoms with E-state index in [4.69, 9.17) is 30.7 Å². The van der Waals surface area contributed by atoms with Gasteiger partial charge in [-0.1, -0.05) is 19.3 Å². The van der Waals surface area contributed by atoms with Crippen molar-refractivity contribution in [3.05, 3.63) is 83.4 Å². The number of amides is 1. The molecule has 2 unspecified atom stereocenters. The number of hydrogen-bond acceptors (Lipinski definition) is 7. The molecule has 40 heavy (non-hydrogen) atoms. The molecule has 1 aliphatic carbocycles. The minimum atomic E-state index is -0.132. The fourth-order valence-electron chi connectivity index (χ4n) is 5.56. The zero-order valence-corrected chi connectivity index (χ0v) is 22.0. The van der Waals surface area contributed by atoms with E-state index in [1.54, 1.807) is 66.7 Å². The number of benzene rings is 3. The van der Waals surface area contributed by atoms with E-state index < -0.39 is 0 Å². The Morgan fingerprint density at radius 2 is 1.20 bits per heavy atom. The van der Waals surface area contributed by atoms with Crippen LogP contribution < -0.4 is 20.4 Å².